The average Bonchev–Trinajstić information content (AvgIpc) is 2.94. The summed E-state index contributed by atoms with van der Waals surface area (Å²) in [6.07, 6.45) is 0. The Morgan fingerprint density at radius 3 is 1.60 bits per heavy atom. The van der Waals surface area contributed by atoms with Crippen molar-refractivity contribution >= 4 is 20.3 Å². The molecule has 2 aliphatic rings. The molecular weight excluding hydrogens is 380 g/mol. The van der Waals surface area contributed by atoms with Gasteiger partial charge in [0.05, 0.1) is 27.8 Å². The fraction of sp³-hybridized carbons (Fsp3) is 0.682. The highest BCUT2D eigenvalue weighted by molar-refractivity contribution is 6.55. The first-order valence-electron chi connectivity index (χ1n) is 10.6. The van der Waals surface area contributed by atoms with E-state index in [1.165, 1.54) is 6.92 Å². The van der Waals surface area contributed by atoms with Crippen LogP contribution in [-0.4, -0.2) is 47.5 Å². The fourth-order valence-electron chi connectivity index (χ4n) is 3.85. The van der Waals surface area contributed by atoms with Gasteiger partial charge in [-0.05, 0) is 67.9 Å². The Labute approximate surface area is 181 Å². The zero-order valence-corrected chi connectivity index (χ0v) is 20.0. The van der Waals surface area contributed by atoms with Gasteiger partial charge in [0.2, 0.25) is 5.91 Å². The molecule has 0 radical (unpaired) electrons. The highest BCUT2D eigenvalue weighted by Crippen LogP contribution is 2.47. The Morgan fingerprint density at radius 1 is 0.800 bits per heavy atom. The van der Waals surface area contributed by atoms with Gasteiger partial charge in [0, 0.05) is 6.92 Å². The maximum atomic E-state index is 13.1. The van der Waals surface area contributed by atoms with Crippen LogP contribution in [0, 0.1) is 0 Å². The smallest absolute Gasteiger partial charge is 0.402 e. The summed E-state index contributed by atoms with van der Waals surface area (Å²) < 4.78 is 25.5. The van der Waals surface area contributed by atoms with Gasteiger partial charge in [-0.25, -0.2) is 0 Å². The molecule has 2 aliphatic heterocycles. The van der Waals surface area contributed by atoms with Gasteiger partial charge < -0.3 is 23.4 Å². The molecule has 0 aromatic heterocycles. The highest BCUT2D eigenvalue weighted by atomic mass is 16.7. The van der Waals surface area contributed by atoms with Crippen molar-refractivity contribution in [3.63, 3.8) is 0 Å². The number of hydrogen-bond acceptors (Lipinski definition) is 5. The summed E-state index contributed by atoms with van der Waals surface area (Å²) in [5.41, 5.74) is -2.37. The SMILES string of the molecule is CC(=O)N(B1OC(C)(C)C(C)(C)O1)[C@@](C)(B1OC(C)(C)C(C)(C)O1)c1ccccc1. The summed E-state index contributed by atoms with van der Waals surface area (Å²) in [5.74, 6) is -0.186. The summed E-state index contributed by atoms with van der Waals surface area (Å²) in [7, 11) is -1.59. The lowest BCUT2D eigenvalue weighted by Gasteiger charge is -2.43. The first-order valence-corrected chi connectivity index (χ1v) is 10.6. The van der Waals surface area contributed by atoms with Gasteiger partial charge >= 0.3 is 14.4 Å². The largest absolute Gasteiger partial charge is 0.596 e. The maximum Gasteiger partial charge on any atom is 0.596 e. The average molecular weight is 415 g/mol. The van der Waals surface area contributed by atoms with E-state index in [-0.39, 0.29) is 5.91 Å². The highest BCUT2D eigenvalue weighted by Gasteiger charge is 2.66. The normalized spacial score (nSPS) is 25.8. The number of hydrogen-bond donors (Lipinski definition) is 0. The maximum absolute atomic E-state index is 13.1. The molecule has 0 bridgehead atoms. The Kier molecular flexibility index (Phi) is 5.51. The van der Waals surface area contributed by atoms with Crippen molar-refractivity contribution in [3.8, 4) is 0 Å². The lowest BCUT2D eigenvalue weighted by molar-refractivity contribution is -0.129. The van der Waals surface area contributed by atoms with Gasteiger partial charge in [-0.3, -0.25) is 4.79 Å². The molecule has 2 heterocycles. The zero-order valence-electron chi connectivity index (χ0n) is 20.0. The van der Waals surface area contributed by atoms with Crippen LogP contribution >= 0.6 is 0 Å². The minimum absolute atomic E-state index is 0.186. The van der Waals surface area contributed by atoms with Gasteiger partial charge in [0.15, 0.2) is 0 Å². The van der Waals surface area contributed by atoms with Crippen molar-refractivity contribution in [3.05, 3.63) is 35.9 Å². The lowest BCUT2D eigenvalue weighted by atomic mass is 9.58. The quantitative estimate of drug-likeness (QED) is 0.697. The van der Waals surface area contributed by atoms with Gasteiger partial charge in [0.25, 0.3) is 0 Å². The van der Waals surface area contributed by atoms with Crippen LogP contribution in [0.3, 0.4) is 0 Å². The van der Waals surface area contributed by atoms with Crippen LogP contribution in [0.4, 0.5) is 0 Å². The van der Waals surface area contributed by atoms with E-state index in [4.69, 9.17) is 18.6 Å². The van der Waals surface area contributed by atoms with E-state index in [9.17, 15) is 4.79 Å². The van der Waals surface area contributed by atoms with Crippen molar-refractivity contribution in [2.24, 2.45) is 0 Å². The molecule has 1 amide bonds. The molecule has 0 unspecified atom stereocenters. The van der Waals surface area contributed by atoms with Gasteiger partial charge in [-0.1, -0.05) is 30.3 Å². The topological polar surface area (TPSA) is 57.2 Å². The molecule has 0 N–H and O–H groups in total. The second-order valence-corrected chi connectivity index (χ2v) is 10.6. The van der Waals surface area contributed by atoms with Gasteiger partial charge in [-0.15, -0.1) is 0 Å². The third-order valence-corrected chi connectivity index (χ3v) is 7.36. The van der Waals surface area contributed by atoms with Crippen molar-refractivity contribution in [1.82, 2.24) is 4.81 Å². The van der Waals surface area contributed by atoms with Crippen LogP contribution in [0.1, 0.15) is 74.8 Å². The Hall–Kier alpha value is -1.34. The van der Waals surface area contributed by atoms with Crippen molar-refractivity contribution in [1.29, 1.82) is 0 Å². The van der Waals surface area contributed by atoms with E-state index in [2.05, 4.69) is 0 Å². The first-order chi connectivity index (χ1) is 13.6. The van der Waals surface area contributed by atoms with Crippen LogP contribution in [0.5, 0.6) is 0 Å². The van der Waals surface area contributed by atoms with Crippen LogP contribution in [-0.2, 0) is 28.9 Å². The van der Waals surface area contributed by atoms with Crippen molar-refractivity contribution in [2.45, 2.75) is 97.1 Å². The summed E-state index contributed by atoms with van der Waals surface area (Å²) in [4.78, 5) is 14.7. The number of carbonyl (C=O) groups is 1. The molecule has 30 heavy (non-hydrogen) atoms. The predicted molar refractivity (Wildman–Crippen MR) is 118 cm³/mol. The lowest BCUT2D eigenvalue weighted by Crippen LogP contribution is -2.63. The standard InChI is InChI=1S/C22H35B2NO5/c1-16(26)25(24-29-20(6,7)21(8,9)30-24)22(10,17-14-12-11-13-15-17)23-27-18(2,3)19(4,5)28-23/h11-15H,1-10H3/t22-/m1/s1. The molecular formula is C22H35B2NO5. The number of carbonyl (C=O) groups excluding carboxylic acids is 1. The number of benzene rings is 1. The summed E-state index contributed by atoms with van der Waals surface area (Å²) in [6.45, 7) is 19.4. The minimum Gasteiger partial charge on any atom is -0.402 e. The second kappa shape index (κ2) is 7.09. The molecule has 2 fully saturated rings. The summed E-state index contributed by atoms with van der Waals surface area (Å²) in [5, 5.41) is 0. The molecule has 6 nitrogen and oxygen atoms in total. The molecule has 1 aromatic rings. The minimum atomic E-state index is -0.987. The van der Waals surface area contributed by atoms with E-state index in [0.717, 1.165) is 5.56 Å². The molecule has 2 saturated heterocycles. The van der Waals surface area contributed by atoms with E-state index < -0.39 is 42.2 Å². The van der Waals surface area contributed by atoms with Crippen molar-refractivity contribution < 1.29 is 23.4 Å². The number of nitrogens with zero attached hydrogens (tertiary/aromatic N) is 1. The molecule has 0 aliphatic carbocycles. The summed E-state index contributed by atoms with van der Waals surface area (Å²) in [6, 6.07) is 9.79. The van der Waals surface area contributed by atoms with Crippen LogP contribution in [0.25, 0.3) is 0 Å². The van der Waals surface area contributed by atoms with Gasteiger partial charge in [-0.2, -0.15) is 0 Å². The number of rotatable bonds is 4. The third kappa shape index (κ3) is 3.52. The van der Waals surface area contributed by atoms with Crippen LogP contribution < -0.4 is 0 Å². The molecule has 164 valence electrons. The Balaban J connectivity index is 2.13. The van der Waals surface area contributed by atoms with Gasteiger partial charge in [0.1, 0.15) is 0 Å². The molecule has 1 aromatic carbocycles. The van der Waals surface area contributed by atoms with E-state index in [1.54, 1.807) is 4.81 Å². The van der Waals surface area contributed by atoms with Crippen LogP contribution in [0.15, 0.2) is 30.3 Å². The summed E-state index contributed by atoms with van der Waals surface area (Å²) >= 11 is 0. The Bertz CT molecular complexity index is 779. The molecule has 8 heteroatoms. The van der Waals surface area contributed by atoms with E-state index in [1.807, 2.05) is 92.6 Å². The first kappa shape index (κ1) is 23.3. The molecule has 0 saturated carbocycles. The third-order valence-electron chi connectivity index (χ3n) is 7.36. The fourth-order valence-corrected chi connectivity index (χ4v) is 3.85. The Morgan fingerprint density at radius 2 is 1.20 bits per heavy atom. The molecule has 1 atom stereocenters. The monoisotopic (exact) mass is 415 g/mol. The molecule has 0 spiro atoms. The van der Waals surface area contributed by atoms with E-state index >= 15 is 0 Å². The van der Waals surface area contributed by atoms with E-state index in [0.29, 0.717) is 0 Å². The van der Waals surface area contributed by atoms with Crippen LogP contribution in [0.2, 0.25) is 0 Å². The predicted octanol–water partition coefficient (Wildman–Crippen LogP) is 3.97. The second-order valence-electron chi connectivity index (χ2n) is 10.6. The van der Waals surface area contributed by atoms with Crippen molar-refractivity contribution in [2.75, 3.05) is 0 Å². The number of amides is 1. The zero-order chi connectivity index (χ0) is 22.8. The molecule has 3 rings (SSSR count).